The molecule has 50 heavy (non-hydrogen) atoms. The number of ether oxygens (including phenoxy) is 2. The smallest absolute Gasteiger partial charge is 0.237 e. The van der Waals surface area contributed by atoms with Gasteiger partial charge in [-0.1, -0.05) is 59.6 Å². The van der Waals surface area contributed by atoms with Crippen LogP contribution in [0.15, 0.2) is 48.8 Å². The summed E-state index contributed by atoms with van der Waals surface area (Å²) in [7, 11) is 3.17. The topological polar surface area (TPSA) is 131 Å². The van der Waals surface area contributed by atoms with E-state index in [0.29, 0.717) is 70.1 Å². The summed E-state index contributed by atoms with van der Waals surface area (Å²) in [5, 5.41) is 6.96. The van der Waals surface area contributed by atoms with E-state index >= 15 is 0 Å². The van der Waals surface area contributed by atoms with Crippen molar-refractivity contribution in [1.29, 1.82) is 0 Å². The number of rotatable bonds is 11. The minimum absolute atomic E-state index is 0.00303. The molecule has 0 aliphatic carbocycles. The predicted molar refractivity (Wildman–Crippen MR) is 191 cm³/mol. The van der Waals surface area contributed by atoms with E-state index in [1.165, 1.54) is 0 Å². The van der Waals surface area contributed by atoms with Crippen molar-refractivity contribution in [3.05, 3.63) is 70.2 Å². The molecule has 0 radical (unpaired) electrons. The Bertz CT molecular complexity index is 1940. The molecule has 2 N–H and O–H groups in total. The largest absolute Gasteiger partial charge is 0.480 e. The molecule has 3 saturated heterocycles. The van der Waals surface area contributed by atoms with Crippen LogP contribution in [-0.4, -0.2) is 76.5 Å². The molecule has 7 rings (SSSR count). The summed E-state index contributed by atoms with van der Waals surface area (Å²) < 4.78 is 11.3. The summed E-state index contributed by atoms with van der Waals surface area (Å²) in [5.41, 5.74) is 5.52. The normalized spacial score (nSPS) is 20.4. The standard InChI is InChI=1S/C37H39Cl2N7O4/c1-49-35-27(11-3-6-22-12-13-31(47)43-22)40-17-28(44-35)25-9-4-7-23(33(25)38)24-8-5-10-26(34(24)39)29-18-41-30(36(45-29)50-2)19-46-15-14-37(21-46)16-32(48)42-20-37/h4-5,7-10,17-18,22H,3,6,11-16,19-21H2,1-2H3,(H,42,48)(H,43,47)/t22-,37?/m0/s1. The van der Waals surface area contributed by atoms with E-state index in [0.717, 1.165) is 67.8 Å². The molecule has 4 aromatic rings. The molecule has 2 atom stereocenters. The number of aromatic nitrogens is 4. The van der Waals surface area contributed by atoms with Gasteiger partial charge in [-0.05, 0) is 38.6 Å². The second-order valence-electron chi connectivity index (χ2n) is 13.4. The lowest BCUT2D eigenvalue weighted by Crippen LogP contribution is -2.29. The van der Waals surface area contributed by atoms with E-state index in [1.807, 2.05) is 36.4 Å². The SMILES string of the molecule is COc1nc(-c2cccc(-c3cccc(-c4cnc(CN5CCC6(CNC(=O)C6)C5)c(OC)n4)c3Cl)c2Cl)cnc1CCC[C@H]1CCC(=O)N1. The molecule has 0 bridgehead atoms. The first-order chi connectivity index (χ1) is 24.3. The zero-order valence-corrected chi connectivity index (χ0v) is 29.6. The van der Waals surface area contributed by atoms with Crippen LogP contribution in [0.1, 0.15) is 49.9 Å². The van der Waals surface area contributed by atoms with Crippen molar-refractivity contribution in [3.63, 3.8) is 0 Å². The van der Waals surface area contributed by atoms with Crippen LogP contribution < -0.4 is 20.1 Å². The molecule has 3 aliphatic heterocycles. The maximum absolute atomic E-state index is 11.9. The van der Waals surface area contributed by atoms with Gasteiger partial charge in [0.15, 0.2) is 0 Å². The number of likely N-dealkylation sites (tertiary alicyclic amines) is 1. The average Bonchev–Trinajstić information content (AvgIpc) is 3.84. The van der Waals surface area contributed by atoms with Crippen molar-refractivity contribution in [2.45, 2.75) is 57.5 Å². The van der Waals surface area contributed by atoms with Crippen LogP contribution in [0, 0.1) is 5.41 Å². The number of carbonyl (C=O) groups is 2. The van der Waals surface area contributed by atoms with E-state index < -0.39 is 0 Å². The van der Waals surface area contributed by atoms with Gasteiger partial charge >= 0.3 is 0 Å². The summed E-state index contributed by atoms with van der Waals surface area (Å²) >= 11 is 14.2. The lowest BCUT2D eigenvalue weighted by molar-refractivity contribution is -0.120. The fraction of sp³-hybridized carbons (Fsp3) is 0.405. The molecular formula is C37H39Cl2N7O4. The summed E-state index contributed by atoms with van der Waals surface area (Å²) in [6, 6.07) is 11.7. The van der Waals surface area contributed by atoms with E-state index in [4.69, 9.17) is 52.6 Å². The number of hydrogen-bond donors (Lipinski definition) is 2. The number of benzene rings is 2. The van der Waals surface area contributed by atoms with Gasteiger partial charge in [-0.2, -0.15) is 0 Å². The average molecular weight is 717 g/mol. The molecule has 5 heterocycles. The second-order valence-corrected chi connectivity index (χ2v) is 14.1. The van der Waals surface area contributed by atoms with Crippen LogP contribution in [-0.2, 0) is 22.6 Å². The molecule has 260 valence electrons. The second kappa shape index (κ2) is 14.5. The molecule has 1 spiro atoms. The third-order valence-electron chi connectivity index (χ3n) is 9.99. The Morgan fingerprint density at radius 1 is 0.880 bits per heavy atom. The molecule has 3 aliphatic rings. The Hall–Kier alpha value is -4.32. The van der Waals surface area contributed by atoms with Crippen molar-refractivity contribution < 1.29 is 19.1 Å². The third kappa shape index (κ3) is 6.99. The van der Waals surface area contributed by atoms with Gasteiger partial charge in [0.1, 0.15) is 11.4 Å². The van der Waals surface area contributed by atoms with E-state index in [-0.39, 0.29) is 23.3 Å². The molecule has 1 unspecified atom stereocenters. The molecule has 2 amide bonds. The lowest BCUT2D eigenvalue weighted by atomic mass is 9.86. The van der Waals surface area contributed by atoms with Gasteiger partial charge in [0.25, 0.3) is 0 Å². The highest BCUT2D eigenvalue weighted by atomic mass is 35.5. The lowest BCUT2D eigenvalue weighted by Gasteiger charge is -2.22. The Morgan fingerprint density at radius 2 is 1.50 bits per heavy atom. The first-order valence-electron chi connectivity index (χ1n) is 16.9. The molecular weight excluding hydrogens is 677 g/mol. The monoisotopic (exact) mass is 715 g/mol. The van der Waals surface area contributed by atoms with Gasteiger partial charge in [0.2, 0.25) is 23.6 Å². The first kappa shape index (κ1) is 34.1. The van der Waals surface area contributed by atoms with Gasteiger partial charge in [-0.3, -0.25) is 24.5 Å². The van der Waals surface area contributed by atoms with E-state index in [2.05, 4.69) is 15.5 Å². The zero-order valence-electron chi connectivity index (χ0n) is 28.1. The molecule has 11 nitrogen and oxygen atoms in total. The third-order valence-corrected chi connectivity index (χ3v) is 10.8. The van der Waals surface area contributed by atoms with Crippen LogP contribution in [0.2, 0.25) is 10.0 Å². The molecule has 2 aromatic heterocycles. The van der Waals surface area contributed by atoms with Gasteiger partial charge in [0.05, 0.1) is 48.0 Å². The zero-order chi connectivity index (χ0) is 34.8. The Morgan fingerprint density at radius 3 is 2.08 bits per heavy atom. The Labute approximate surface area is 301 Å². The highest BCUT2D eigenvalue weighted by Gasteiger charge is 2.44. The summed E-state index contributed by atoms with van der Waals surface area (Å²) in [6.07, 6.45) is 8.89. The van der Waals surface area contributed by atoms with Gasteiger partial charge in [-0.15, -0.1) is 0 Å². The number of carbonyl (C=O) groups excluding carboxylic acids is 2. The van der Waals surface area contributed by atoms with Crippen molar-refractivity contribution >= 4 is 35.0 Å². The van der Waals surface area contributed by atoms with Crippen molar-refractivity contribution in [3.8, 4) is 45.4 Å². The maximum Gasteiger partial charge on any atom is 0.237 e. The van der Waals surface area contributed by atoms with Crippen molar-refractivity contribution in [2.24, 2.45) is 5.41 Å². The number of methoxy groups -OCH3 is 2. The minimum atomic E-state index is 0.00303. The van der Waals surface area contributed by atoms with Crippen molar-refractivity contribution in [2.75, 3.05) is 33.9 Å². The number of aryl methyl sites for hydroxylation is 1. The van der Waals surface area contributed by atoms with Crippen LogP contribution in [0.4, 0.5) is 0 Å². The van der Waals surface area contributed by atoms with Gasteiger partial charge in [-0.25, -0.2) is 9.97 Å². The summed E-state index contributed by atoms with van der Waals surface area (Å²) in [5.74, 6) is 1.14. The molecule has 0 saturated carbocycles. The minimum Gasteiger partial charge on any atom is -0.480 e. The Kier molecular flexibility index (Phi) is 9.90. The Balaban J connectivity index is 1.10. The van der Waals surface area contributed by atoms with Gasteiger partial charge < -0.3 is 20.1 Å². The maximum atomic E-state index is 11.9. The number of nitrogens with one attached hydrogen (secondary N) is 2. The van der Waals surface area contributed by atoms with Crippen LogP contribution >= 0.6 is 23.2 Å². The van der Waals surface area contributed by atoms with Gasteiger partial charge in [0, 0.05) is 66.2 Å². The van der Waals surface area contributed by atoms with Crippen LogP contribution in [0.3, 0.4) is 0 Å². The van der Waals surface area contributed by atoms with Crippen LogP contribution in [0.25, 0.3) is 33.6 Å². The summed E-state index contributed by atoms with van der Waals surface area (Å²) in [6.45, 7) is 3.03. The number of hydrogen-bond acceptors (Lipinski definition) is 9. The highest BCUT2D eigenvalue weighted by Crippen LogP contribution is 2.43. The fourth-order valence-corrected chi connectivity index (χ4v) is 8.01. The first-order valence-corrected chi connectivity index (χ1v) is 17.7. The molecule has 13 heteroatoms. The molecule has 3 fully saturated rings. The summed E-state index contributed by atoms with van der Waals surface area (Å²) in [4.78, 5) is 44.8. The number of halogens is 2. The fourth-order valence-electron chi connectivity index (χ4n) is 7.36. The highest BCUT2D eigenvalue weighted by molar-refractivity contribution is 6.39. The number of nitrogens with zero attached hydrogens (tertiary/aromatic N) is 5. The number of amides is 2. The van der Waals surface area contributed by atoms with E-state index in [1.54, 1.807) is 26.6 Å². The van der Waals surface area contributed by atoms with Crippen LogP contribution in [0.5, 0.6) is 11.8 Å². The predicted octanol–water partition coefficient (Wildman–Crippen LogP) is 5.90. The van der Waals surface area contributed by atoms with Crippen molar-refractivity contribution in [1.82, 2.24) is 35.5 Å². The quantitative estimate of drug-likeness (QED) is 0.195. The van der Waals surface area contributed by atoms with E-state index in [9.17, 15) is 9.59 Å². The molecule has 2 aromatic carbocycles.